The Morgan fingerprint density at radius 2 is 1.75 bits per heavy atom. The molecule has 0 fully saturated rings. The molecule has 0 aliphatic heterocycles. The SMILES string of the molecule is COc1cc(/C=C(/C#N)C(=O)N[C@H](C)c2ccccc2)cc(Br)c1OCc1ccc2ccccc2c1. The van der Waals surface area contributed by atoms with Crippen molar-refractivity contribution in [3.05, 3.63) is 112 Å². The van der Waals surface area contributed by atoms with E-state index < -0.39 is 5.91 Å². The van der Waals surface area contributed by atoms with Gasteiger partial charge in [-0.1, -0.05) is 66.7 Å². The molecule has 4 rings (SSSR count). The van der Waals surface area contributed by atoms with Crippen molar-refractivity contribution in [1.82, 2.24) is 5.32 Å². The van der Waals surface area contributed by atoms with E-state index in [2.05, 4.69) is 45.5 Å². The molecule has 1 atom stereocenters. The van der Waals surface area contributed by atoms with E-state index in [0.717, 1.165) is 16.5 Å². The first-order valence-electron chi connectivity index (χ1n) is 11.4. The van der Waals surface area contributed by atoms with Crippen molar-refractivity contribution >= 4 is 38.7 Å². The predicted molar refractivity (Wildman–Crippen MR) is 146 cm³/mol. The summed E-state index contributed by atoms with van der Waals surface area (Å²) in [6.45, 7) is 2.24. The van der Waals surface area contributed by atoms with Gasteiger partial charge in [0.2, 0.25) is 0 Å². The first-order valence-corrected chi connectivity index (χ1v) is 12.2. The van der Waals surface area contributed by atoms with Crippen molar-refractivity contribution in [2.75, 3.05) is 7.11 Å². The molecule has 0 spiro atoms. The topological polar surface area (TPSA) is 71.3 Å². The highest BCUT2D eigenvalue weighted by Crippen LogP contribution is 2.38. The van der Waals surface area contributed by atoms with E-state index in [9.17, 15) is 10.1 Å². The van der Waals surface area contributed by atoms with Crippen LogP contribution in [0.25, 0.3) is 16.8 Å². The average Bonchev–Trinajstić information content (AvgIpc) is 2.91. The molecular weight excluding hydrogens is 516 g/mol. The first-order chi connectivity index (χ1) is 17.5. The fourth-order valence-electron chi connectivity index (χ4n) is 3.86. The lowest BCUT2D eigenvalue weighted by atomic mass is 10.1. The molecule has 4 aromatic carbocycles. The van der Waals surface area contributed by atoms with E-state index in [1.807, 2.05) is 61.5 Å². The number of rotatable bonds is 8. The summed E-state index contributed by atoms with van der Waals surface area (Å²) in [4.78, 5) is 12.8. The van der Waals surface area contributed by atoms with Crippen LogP contribution in [0.5, 0.6) is 11.5 Å². The van der Waals surface area contributed by atoms with Gasteiger partial charge in [-0.2, -0.15) is 5.26 Å². The molecule has 5 nitrogen and oxygen atoms in total. The van der Waals surface area contributed by atoms with E-state index in [0.29, 0.717) is 28.1 Å². The monoisotopic (exact) mass is 540 g/mol. The molecule has 4 aromatic rings. The standard InChI is InChI=1S/C30H25BrN2O3/c1-20(23-8-4-3-5-9-23)33-30(34)26(18-32)15-22-16-27(31)29(28(17-22)35-2)36-19-21-12-13-24-10-6-7-11-25(24)14-21/h3-17,20H,19H2,1-2H3,(H,33,34)/b26-15-/t20-/m1/s1. The van der Waals surface area contributed by atoms with Crippen LogP contribution in [0, 0.1) is 11.3 Å². The summed E-state index contributed by atoms with van der Waals surface area (Å²) in [5.74, 6) is 0.593. The normalized spacial score (nSPS) is 12.0. The number of nitriles is 1. The Balaban J connectivity index is 1.51. The molecule has 0 saturated carbocycles. The molecule has 0 aliphatic rings. The third-order valence-electron chi connectivity index (χ3n) is 5.77. The molecule has 0 aliphatic carbocycles. The summed E-state index contributed by atoms with van der Waals surface area (Å²) >= 11 is 3.55. The van der Waals surface area contributed by atoms with E-state index in [4.69, 9.17) is 9.47 Å². The zero-order valence-electron chi connectivity index (χ0n) is 20.0. The number of benzene rings is 4. The highest BCUT2D eigenvalue weighted by molar-refractivity contribution is 9.10. The summed E-state index contributed by atoms with van der Waals surface area (Å²) in [6, 6.07) is 29.3. The predicted octanol–water partition coefficient (Wildman–Crippen LogP) is 6.97. The Bertz CT molecular complexity index is 1460. The van der Waals surface area contributed by atoms with Gasteiger partial charge in [-0.3, -0.25) is 4.79 Å². The maximum absolute atomic E-state index is 12.8. The van der Waals surface area contributed by atoms with E-state index in [1.165, 1.54) is 11.5 Å². The second-order valence-corrected chi connectivity index (χ2v) is 9.13. The third kappa shape index (κ3) is 5.94. The van der Waals surface area contributed by atoms with Gasteiger partial charge in [0.15, 0.2) is 11.5 Å². The summed E-state index contributed by atoms with van der Waals surface area (Å²) in [5, 5.41) is 14.8. The minimum atomic E-state index is -0.444. The van der Waals surface area contributed by atoms with Crippen LogP contribution in [-0.4, -0.2) is 13.0 Å². The lowest BCUT2D eigenvalue weighted by Crippen LogP contribution is -2.27. The Morgan fingerprint density at radius 3 is 2.47 bits per heavy atom. The van der Waals surface area contributed by atoms with E-state index in [1.54, 1.807) is 19.2 Å². The third-order valence-corrected chi connectivity index (χ3v) is 6.36. The van der Waals surface area contributed by atoms with Crippen molar-refractivity contribution in [3.8, 4) is 17.6 Å². The van der Waals surface area contributed by atoms with E-state index >= 15 is 0 Å². The highest BCUT2D eigenvalue weighted by atomic mass is 79.9. The smallest absolute Gasteiger partial charge is 0.262 e. The van der Waals surface area contributed by atoms with Crippen LogP contribution in [-0.2, 0) is 11.4 Å². The fourth-order valence-corrected chi connectivity index (χ4v) is 4.44. The molecule has 0 unspecified atom stereocenters. The molecule has 1 amide bonds. The second-order valence-electron chi connectivity index (χ2n) is 8.28. The lowest BCUT2D eigenvalue weighted by Gasteiger charge is -2.15. The van der Waals surface area contributed by atoms with Crippen molar-refractivity contribution in [2.45, 2.75) is 19.6 Å². The van der Waals surface area contributed by atoms with Crippen LogP contribution in [0.15, 0.2) is 95.0 Å². The number of halogens is 1. The number of hydrogen-bond donors (Lipinski definition) is 1. The summed E-state index contributed by atoms with van der Waals surface area (Å²) in [7, 11) is 1.55. The number of carbonyl (C=O) groups is 1. The number of fused-ring (bicyclic) bond motifs is 1. The molecule has 0 radical (unpaired) electrons. The Morgan fingerprint density at radius 1 is 1.03 bits per heavy atom. The summed E-state index contributed by atoms with van der Waals surface area (Å²) in [6.07, 6.45) is 1.54. The summed E-state index contributed by atoms with van der Waals surface area (Å²) < 4.78 is 12.3. The quantitative estimate of drug-likeness (QED) is 0.193. The summed E-state index contributed by atoms with van der Waals surface area (Å²) in [5.41, 5.74) is 2.62. The maximum Gasteiger partial charge on any atom is 0.262 e. The molecule has 36 heavy (non-hydrogen) atoms. The van der Waals surface area contributed by atoms with Gasteiger partial charge in [0.1, 0.15) is 18.2 Å². The van der Waals surface area contributed by atoms with Crippen LogP contribution in [0.1, 0.15) is 29.7 Å². The van der Waals surface area contributed by atoms with Gasteiger partial charge in [0.25, 0.3) is 5.91 Å². The number of nitrogens with one attached hydrogen (secondary N) is 1. The van der Waals surface area contributed by atoms with Crippen molar-refractivity contribution in [1.29, 1.82) is 5.26 Å². The van der Waals surface area contributed by atoms with Crippen molar-refractivity contribution in [2.24, 2.45) is 0 Å². The Hall–Kier alpha value is -4.08. The van der Waals surface area contributed by atoms with Crippen LogP contribution < -0.4 is 14.8 Å². The molecular formula is C30H25BrN2O3. The molecule has 0 bridgehead atoms. The van der Waals surface area contributed by atoms with Gasteiger partial charge < -0.3 is 14.8 Å². The second kappa shape index (κ2) is 11.6. The van der Waals surface area contributed by atoms with Crippen molar-refractivity contribution in [3.63, 3.8) is 0 Å². The molecule has 6 heteroatoms. The molecule has 0 heterocycles. The number of methoxy groups -OCH3 is 1. The Kier molecular flexibility index (Phi) is 8.04. The van der Waals surface area contributed by atoms with Crippen LogP contribution in [0.2, 0.25) is 0 Å². The van der Waals surface area contributed by atoms with Gasteiger partial charge in [-0.15, -0.1) is 0 Å². The molecule has 0 saturated heterocycles. The van der Waals surface area contributed by atoms with Crippen LogP contribution >= 0.6 is 15.9 Å². The average molecular weight is 541 g/mol. The maximum atomic E-state index is 12.8. The minimum Gasteiger partial charge on any atom is -0.493 e. The Labute approximate surface area is 219 Å². The zero-order valence-corrected chi connectivity index (χ0v) is 21.6. The van der Waals surface area contributed by atoms with Crippen molar-refractivity contribution < 1.29 is 14.3 Å². The van der Waals surface area contributed by atoms with Gasteiger partial charge in [0, 0.05) is 0 Å². The van der Waals surface area contributed by atoms with Gasteiger partial charge in [-0.05, 0) is 74.6 Å². The lowest BCUT2D eigenvalue weighted by molar-refractivity contribution is -0.117. The number of ether oxygens (including phenoxy) is 2. The molecule has 0 aromatic heterocycles. The van der Waals surface area contributed by atoms with E-state index in [-0.39, 0.29) is 11.6 Å². The molecule has 1 N–H and O–H groups in total. The fraction of sp³-hybridized carbons (Fsp3) is 0.133. The number of carbonyl (C=O) groups excluding carboxylic acids is 1. The number of amides is 1. The minimum absolute atomic E-state index is 0.00318. The largest absolute Gasteiger partial charge is 0.493 e. The highest BCUT2D eigenvalue weighted by Gasteiger charge is 2.16. The first kappa shape index (κ1) is 25.0. The van der Waals surface area contributed by atoms with Gasteiger partial charge in [0.05, 0.1) is 17.6 Å². The number of nitrogens with zero attached hydrogens (tertiary/aromatic N) is 1. The van der Waals surface area contributed by atoms with Crippen LogP contribution in [0.4, 0.5) is 0 Å². The zero-order chi connectivity index (χ0) is 25.5. The van der Waals surface area contributed by atoms with Gasteiger partial charge in [-0.25, -0.2) is 0 Å². The van der Waals surface area contributed by atoms with Crippen LogP contribution in [0.3, 0.4) is 0 Å². The molecule has 180 valence electrons. The van der Waals surface area contributed by atoms with Gasteiger partial charge >= 0.3 is 0 Å². The number of hydrogen-bond acceptors (Lipinski definition) is 4.